The molecule has 2 aromatic heterocycles. The van der Waals surface area contributed by atoms with Gasteiger partial charge >= 0.3 is 5.97 Å². The van der Waals surface area contributed by atoms with Crippen molar-refractivity contribution in [3.63, 3.8) is 0 Å². The fraction of sp³-hybridized carbons (Fsp3) is 0.107. The van der Waals surface area contributed by atoms with Crippen LogP contribution >= 0.6 is 0 Å². The van der Waals surface area contributed by atoms with E-state index in [-0.39, 0.29) is 24.5 Å². The number of hydrogen-bond acceptors (Lipinski definition) is 6. The van der Waals surface area contributed by atoms with E-state index in [9.17, 15) is 18.8 Å². The van der Waals surface area contributed by atoms with Crippen molar-refractivity contribution in [2.24, 2.45) is 0 Å². The summed E-state index contributed by atoms with van der Waals surface area (Å²) in [5.41, 5.74) is 2.36. The number of furan rings is 2. The van der Waals surface area contributed by atoms with E-state index in [0.717, 1.165) is 0 Å². The molecule has 0 saturated carbocycles. The number of esters is 1. The number of carbonyl (C=O) groups is 3. The third kappa shape index (κ3) is 4.92. The Kier molecular flexibility index (Phi) is 6.42. The van der Waals surface area contributed by atoms with Crippen molar-refractivity contribution in [2.45, 2.75) is 13.3 Å². The zero-order chi connectivity index (χ0) is 25.9. The SMILES string of the molecule is CCOC(=O)c1ccc(NC(=O)c2oc3ccccc3c2NC(=O)Cc2coc3ccc(F)cc23)cc1. The topological polar surface area (TPSA) is 111 Å². The first-order valence-electron chi connectivity index (χ1n) is 11.5. The summed E-state index contributed by atoms with van der Waals surface area (Å²) in [4.78, 5) is 38.0. The number of benzene rings is 3. The van der Waals surface area contributed by atoms with Crippen molar-refractivity contribution in [1.29, 1.82) is 0 Å². The molecule has 0 atom stereocenters. The van der Waals surface area contributed by atoms with Crippen LogP contribution in [0.5, 0.6) is 0 Å². The van der Waals surface area contributed by atoms with E-state index < -0.39 is 23.6 Å². The summed E-state index contributed by atoms with van der Waals surface area (Å²) in [6, 6.07) is 17.2. The average molecular weight is 500 g/mol. The summed E-state index contributed by atoms with van der Waals surface area (Å²) in [5.74, 6) is -2.02. The quantitative estimate of drug-likeness (QED) is 0.268. The minimum absolute atomic E-state index is 0.0906. The number of hydrogen-bond donors (Lipinski definition) is 2. The molecule has 0 radical (unpaired) electrons. The molecule has 37 heavy (non-hydrogen) atoms. The van der Waals surface area contributed by atoms with Gasteiger partial charge in [-0.05, 0) is 61.5 Å². The predicted molar refractivity (Wildman–Crippen MR) is 135 cm³/mol. The van der Waals surface area contributed by atoms with Crippen molar-refractivity contribution in [2.75, 3.05) is 17.2 Å². The summed E-state index contributed by atoms with van der Waals surface area (Å²) in [7, 11) is 0. The minimum atomic E-state index is -0.591. The standard InChI is InChI=1S/C28H21FN2O6/c1-2-35-28(34)16-7-10-19(11-8-16)30-27(33)26-25(20-5-3-4-6-23(20)37-26)31-24(32)13-17-15-36-22-12-9-18(29)14-21(17)22/h3-12,14-15H,2,13H2,1H3,(H,30,33)(H,31,32). The molecule has 0 unspecified atom stereocenters. The third-order valence-electron chi connectivity index (χ3n) is 5.69. The lowest BCUT2D eigenvalue weighted by molar-refractivity contribution is -0.115. The molecule has 186 valence electrons. The molecule has 5 rings (SSSR count). The summed E-state index contributed by atoms with van der Waals surface area (Å²) < 4.78 is 29.9. The Bertz CT molecular complexity index is 1630. The molecule has 2 amide bonds. The van der Waals surface area contributed by atoms with E-state index in [0.29, 0.717) is 38.8 Å². The van der Waals surface area contributed by atoms with Crippen LogP contribution in [0.3, 0.4) is 0 Å². The average Bonchev–Trinajstić information content (AvgIpc) is 3.46. The number of anilines is 2. The molecule has 9 heteroatoms. The van der Waals surface area contributed by atoms with Crippen LogP contribution in [0, 0.1) is 5.82 Å². The monoisotopic (exact) mass is 500 g/mol. The first kappa shape index (κ1) is 23.8. The number of para-hydroxylation sites is 1. The Labute approximate surface area is 210 Å². The Hall–Kier alpha value is -4.92. The highest BCUT2D eigenvalue weighted by Crippen LogP contribution is 2.32. The predicted octanol–water partition coefficient (Wildman–Crippen LogP) is 5.93. The third-order valence-corrected chi connectivity index (χ3v) is 5.69. The van der Waals surface area contributed by atoms with Gasteiger partial charge in [-0.3, -0.25) is 9.59 Å². The molecule has 2 heterocycles. The molecule has 5 aromatic rings. The van der Waals surface area contributed by atoms with Crippen LogP contribution in [0.1, 0.15) is 33.4 Å². The fourth-order valence-electron chi connectivity index (χ4n) is 3.97. The van der Waals surface area contributed by atoms with Gasteiger partial charge < -0.3 is 24.2 Å². The van der Waals surface area contributed by atoms with Gasteiger partial charge in [0.25, 0.3) is 5.91 Å². The van der Waals surface area contributed by atoms with E-state index in [1.54, 1.807) is 43.3 Å². The maximum absolute atomic E-state index is 13.7. The van der Waals surface area contributed by atoms with Crippen LogP contribution in [0.25, 0.3) is 21.9 Å². The van der Waals surface area contributed by atoms with Gasteiger partial charge in [0.15, 0.2) is 0 Å². The van der Waals surface area contributed by atoms with E-state index in [4.69, 9.17) is 13.6 Å². The summed E-state index contributed by atoms with van der Waals surface area (Å²) in [6.45, 7) is 1.97. The lowest BCUT2D eigenvalue weighted by Crippen LogP contribution is -2.18. The second-order valence-electron chi connectivity index (χ2n) is 8.18. The molecule has 0 aliphatic heterocycles. The summed E-state index contributed by atoms with van der Waals surface area (Å²) in [5, 5.41) is 6.52. The van der Waals surface area contributed by atoms with Crippen molar-refractivity contribution in [1.82, 2.24) is 0 Å². The smallest absolute Gasteiger partial charge is 0.338 e. The number of amides is 2. The Morgan fingerprint density at radius 1 is 0.919 bits per heavy atom. The van der Waals surface area contributed by atoms with Gasteiger partial charge in [-0.15, -0.1) is 0 Å². The Balaban J connectivity index is 1.38. The highest BCUT2D eigenvalue weighted by atomic mass is 19.1. The lowest BCUT2D eigenvalue weighted by atomic mass is 10.1. The van der Waals surface area contributed by atoms with Crippen molar-refractivity contribution in [3.8, 4) is 0 Å². The van der Waals surface area contributed by atoms with Gasteiger partial charge in [-0.25, -0.2) is 9.18 Å². The van der Waals surface area contributed by atoms with Gasteiger partial charge in [0.05, 0.1) is 24.9 Å². The largest absolute Gasteiger partial charge is 0.464 e. The normalized spacial score (nSPS) is 11.0. The minimum Gasteiger partial charge on any atom is -0.464 e. The molecular formula is C28H21FN2O6. The van der Waals surface area contributed by atoms with E-state index in [1.165, 1.54) is 36.6 Å². The highest BCUT2D eigenvalue weighted by Gasteiger charge is 2.23. The summed E-state index contributed by atoms with van der Waals surface area (Å²) >= 11 is 0. The number of nitrogens with one attached hydrogen (secondary N) is 2. The first-order chi connectivity index (χ1) is 17.9. The Morgan fingerprint density at radius 3 is 2.49 bits per heavy atom. The molecule has 0 aliphatic rings. The first-order valence-corrected chi connectivity index (χ1v) is 11.5. The molecule has 2 N–H and O–H groups in total. The molecule has 0 spiro atoms. The molecular weight excluding hydrogens is 479 g/mol. The van der Waals surface area contributed by atoms with Gasteiger partial charge in [-0.1, -0.05) is 12.1 Å². The van der Waals surface area contributed by atoms with Crippen LogP contribution in [0.4, 0.5) is 15.8 Å². The van der Waals surface area contributed by atoms with Crippen molar-refractivity contribution >= 4 is 51.1 Å². The molecule has 3 aromatic carbocycles. The fourth-order valence-corrected chi connectivity index (χ4v) is 3.97. The number of rotatable bonds is 7. The Morgan fingerprint density at radius 2 is 1.70 bits per heavy atom. The molecule has 0 saturated heterocycles. The number of carbonyl (C=O) groups excluding carboxylic acids is 3. The van der Waals surface area contributed by atoms with Crippen LogP contribution in [-0.4, -0.2) is 24.4 Å². The maximum atomic E-state index is 13.7. The maximum Gasteiger partial charge on any atom is 0.338 e. The molecule has 0 aliphatic carbocycles. The zero-order valence-electron chi connectivity index (χ0n) is 19.7. The van der Waals surface area contributed by atoms with Crippen LogP contribution < -0.4 is 10.6 Å². The van der Waals surface area contributed by atoms with Gasteiger partial charge in [0.1, 0.15) is 22.7 Å². The summed E-state index contributed by atoms with van der Waals surface area (Å²) in [6.07, 6.45) is 1.30. The lowest BCUT2D eigenvalue weighted by Gasteiger charge is -2.08. The van der Waals surface area contributed by atoms with Crippen molar-refractivity contribution in [3.05, 3.63) is 95.7 Å². The zero-order valence-corrected chi connectivity index (χ0v) is 19.7. The number of halogens is 1. The molecule has 0 fully saturated rings. The van der Waals surface area contributed by atoms with Gasteiger partial charge in [0, 0.05) is 22.0 Å². The second-order valence-corrected chi connectivity index (χ2v) is 8.18. The number of fused-ring (bicyclic) bond motifs is 2. The molecule has 8 nitrogen and oxygen atoms in total. The van der Waals surface area contributed by atoms with Gasteiger partial charge in [0.2, 0.25) is 11.7 Å². The van der Waals surface area contributed by atoms with E-state index in [1.807, 2.05) is 0 Å². The van der Waals surface area contributed by atoms with E-state index in [2.05, 4.69) is 10.6 Å². The second kappa shape index (κ2) is 9.98. The molecule has 0 bridgehead atoms. The van der Waals surface area contributed by atoms with Gasteiger partial charge in [-0.2, -0.15) is 0 Å². The van der Waals surface area contributed by atoms with Crippen molar-refractivity contribution < 1.29 is 32.3 Å². The van der Waals surface area contributed by atoms with E-state index >= 15 is 0 Å². The number of ether oxygens (including phenoxy) is 1. The highest BCUT2D eigenvalue weighted by molar-refractivity contribution is 6.15. The van der Waals surface area contributed by atoms with Crippen LogP contribution in [0.15, 0.2) is 81.8 Å². The van der Waals surface area contributed by atoms with Crippen LogP contribution in [0.2, 0.25) is 0 Å². The van der Waals surface area contributed by atoms with Crippen LogP contribution in [-0.2, 0) is 16.0 Å².